The fraction of sp³-hybridized carbons (Fsp3) is 0.625. The van der Waals surface area contributed by atoms with Gasteiger partial charge in [-0.05, 0) is 13.3 Å². The maximum absolute atomic E-state index is 11.7. The Kier molecular flexibility index (Phi) is 2.45. The van der Waals surface area contributed by atoms with E-state index in [1.165, 1.54) is 0 Å². The summed E-state index contributed by atoms with van der Waals surface area (Å²) < 4.78 is 5.17. The van der Waals surface area contributed by atoms with Crippen molar-refractivity contribution >= 4 is 5.91 Å². The lowest BCUT2D eigenvalue weighted by Crippen LogP contribution is -2.38. The number of aryl methyl sites for hydroxylation is 1. The Hall–Kier alpha value is -1.43. The van der Waals surface area contributed by atoms with Crippen LogP contribution in [0.4, 0.5) is 0 Å². The molecule has 2 heterocycles. The predicted molar refractivity (Wildman–Crippen MR) is 47.6 cm³/mol. The molecule has 0 aromatic carbocycles. The van der Waals surface area contributed by atoms with Gasteiger partial charge in [0, 0.05) is 6.54 Å². The molecule has 76 valence electrons. The van der Waals surface area contributed by atoms with Gasteiger partial charge in [-0.1, -0.05) is 0 Å². The minimum Gasteiger partial charge on any atom is -0.361 e. The van der Waals surface area contributed by atoms with Crippen molar-refractivity contribution in [3.05, 3.63) is 11.6 Å². The molecule has 1 saturated heterocycles. The molecule has 0 unspecified atom stereocenters. The minimum absolute atomic E-state index is 0.172. The summed E-state index contributed by atoms with van der Waals surface area (Å²) >= 11 is 0. The average molecular weight is 196 g/mol. The molecule has 1 fully saturated rings. The van der Waals surface area contributed by atoms with Crippen molar-refractivity contribution in [2.75, 3.05) is 19.9 Å². The topological polar surface area (TPSA) is 71.1 Å². The zero-order valence-corrected chi connectivity index (χ0v) is 7.99. The molecule has 1 aliphatic rings. The molecule has 1 amide bonds. The molecule has 1 aliphatic heterocycles. The van der Waals surface area contributed by atoms with E-state index in [0.717, 1.165) is 13.0 Å². The number of amides is 1. The summed E-state index contributed by atoms with van der Waals surface area (Å²) in [6, 6.07) is 0. The van der Waals surface area contributed by atoms with Crippen LogP contribution in [-0.4, -0.2) is 45.9 Å². The van der Waals surface area contributed by atoms with Crippen LogP contribution in [0.5, 0.6) is 0 Å². The third-order valence-corrected chi connectivity index (χ3v) is 2.04. The van der Waals surface area contributed by atoms with Gasteiger partial charge in [-0.25, -0.2) is 4.98 Å². The third kappa shape index (κ3) is 1.74. The highest BCUT2D eigenvalue weighted by Crippen LogP contribution is 2.05. The van der Waals surface area contributed by atoms with Gasteiger partial charge in [0.05, 0.1) is 6.61 Å². The Labute approximate surface area is 81.3 Å². The quantitative estimate of drug-likeness (QED) is 0.682. The van der Waals surface area contributed by atoms with E-state index in [4.69, 9.17) is 4.74 Å². The van der Waals surface area contributed by atoms with Gasteiger partial charge in [0.15, 0.2) is 0 Å². The van der Waals surface area contributed by atoms with E-state index in [-0.39, 0.29) is 11.7 Å². The number of hydrogen-bond acceptors (Lipinski definition) is 4. The van der Waals surface area contributed by atoms with Crippen molar-refractivity contribution in [1.82, 2.24) is 20.1 Å². The molecule has 14 heavy (non-hydrogen) atoms. The maximum atomic E-state index is 11.7. The molecule has 6 nitrogen and oxygen atoms in total. The fourth-order valence-electron chi connectivity index (χ4n) is 1.34. The normalized spacial score (nSPS) is 17.1. The Balaban J connectivity index is 2.07. The van der Waals surface area contributed by atoms with Crippen LogP contribution in [0.2, 0.25) is 0 Å². The number of aromatic amines is 1. The summed E-state index contributed by atoms with van der Waals surface area (Å²) in [6.45, 7) is 3.53. The van der Waals surface area contributed by atoms with Gasteiger partial charge in [-0.3, -0.25) is 9.89 Å². The van der Waals surface area contributed by atoms with Gasteiger partial charge in [-0.2, -0.15) is 0 Å². The zero-order chi connectivity index (χ0) is 9.97. The summed E-state index contributed by atoms with van der Waals surface area (Å²) in [4.78, 5) is 17.3. The van der Waals surface area contributed by atoms with E-state index in [2.05, 4.69) is 15.2 Å². The molecule has 0 radical (unpaired) electrons. The average Bonchev–Trinajstić information content (AvgIpc) is 2.65. The minimum atomic E-state index is -0.172. The first-order valence-electron chi connectivity index (χ1n) is 4.53. The molecule has 0 atom stereocenters. The van der Waals surface area contributed by atoms with Crippen molar-refractivity contribution in [3.63, 3.8) is 0 Å². The predicted octanol–water partition coefficient (Wildman–Crippen LogP) is -0.0669. The molecule has 1 aromatic rings. The molecule has 0 saturated carbocycles. The van der Waals surface area contributed by atoms with Gasteiger partial charge in [-0.15, -0.1) is 5.10 Å². The van der Waals surface area contributed by atoms with Crippen molar-refractivity contribution in [2.24, 2.45) is 0 Å². The zero-order valence-electron chi connectivity index (χ0n) is 7.99. The first-order valence-corrected chi connectivity index (χ1v) is 4.53. The molecular formula is C8H12N4O2. The monoisotopic (exact) mass is 196 g/mol. The third-order valence-electron chi connectivity index (χ3n) is 2.04. The summed E-state index contributed by atoms with van der Waals surface area (Å²) in [5.74, 6) is 0.688. The Morgan fingerprint density at radius 1 is 1.64 bits per heavy atom. The van der Waals surface area contributed by atoms with Crippen LogP contribution in [0.1, 0.15) is 22.9 Å². The van der Waals surface area contributed by atoms with E-state index in [1.807, 2.05) is 0 Å². The standard InChI is InChI=1S/C8H12N4O2/c1-6-9-7(11-10-6)8(13)12-3-2-4-14-5-12/h2-5H2,1H3,(H,9,10,11). The second kappa shape index (κ2) is 3.75. The van der Waals surface area contributed by atoms with Crippen molar-refractivity contribution < 1.29 is 9.53 Å². The van der Waals surface area contributed by atoms with Gasteiger partial charge in [0.25, 0.3) is 5.91 Å². The number of carbonyl (C=O) groups excluding carboxylic acids is 1. The van der Waals surface area contributed by atoms with Crippen LogP contribution in [0.15, 0.2) is 0 Å². The number of rotatable bonds is 1. The van der Waals surface area contributed by atoms with E-state index in [0.29, 0.717) is 19.1 Å². The van der Waals surface area contributed by atoms with Crippen molar-refractivity contribution in [1.29, 1.82) is 0 Å². The Morgan fingerprint density at radius 3 is 3.07 bits per heavy atom. The highest BCUT2D eigenvalue weighted by molar-refractivity contribution is 5.90. The van der Waals surface area contributed by atoms with E-state index < -0.39 is 0 Å². The van der Waals surface area contributed by atoms with E-state index in [1.54, 1.807) is 11.8 Å². The van der Waals surface area contributed by atoms with Gasteiger partial charge in [0.1, 0.15) is 12.6 Å². The smallest absolute Gasteiger partial charge is 0.295 e. The molecule has 6 heteroatoms. The lowest BCUT2D eigenvalue weighted by Gasteiger charge is -2.25. The largest absolute Gasteiger partial charge is 0.361 e. The molecule has 0 bridgehead atoms. The Morgan fingerprint density at radius 2 is 2.50 bits per heavy atom. The summed E-state index contributed by atoms with van der Waals surface area (Å²) in [7, 11) is 0. The van der Waals surface area contributed by atoms with Crippen molar-refractivity contribution in [3.8, 4) is 0 Å². The highest BCUT2D eigenvalue weighted by atomic mass is 16.5. The lowest BCUT2D eigenvalue weighted by atomic mass is 10.3. The summed E-state index contributed by atoms with van der Waals surface area (Å²) in [5, 5.41) is 6.45. The van der Waals surface area contributed by atoms with E-state index >= 15 is 0 Å². The second-order valence-corrected chi connectivity index (χ2v) is 3.20. The number of aromatic nitrogens is 3. The van der Waals surface area contributed by atoms with Crippen LogP contribution >= 0.6 is 0 Å². The molecule has 1 aromatic heterocycles. The van der Waals surface area contributed by atoms with Crippen LogP contribution in [0.3, 0.4) is 0 Å². The molecule has 1 N–H and O–H groups in total. The van der Waals surface area contributed by atoms with E-state index in [9.17, 15) is 4.79 Å². The first kappa shape index (κ1) is 9.14. The molecular weight excluding hydrogens is 184 g/mol. The second-order valence-electron chi connectivity index (χ2n) is 3.20. The van der Waals surface area contributed by atoms with Crippen LogP contribution < -0.4 is 0 Å². The molecule has 0 spiro atoms. The highest BCUT2D eigenvalue weighted by Gasteiger charge is 2.21. The van der Waals surface area contributed by atoms with Gasteiger partial charge in [0.2, 0.25) is 5.82 Å². The maximum Gasteiger partial charge on any atom is 0.295 e. The number of nitrogens with zero attached hydrogens (tertiary/aromatic N) is 3. The summed E-state index contributed by atoms with van der Waals surface area (Å²) in [5.41, 5.74) is 0. The lowest BCUT2D eigenvalue weighted by molar-refractivity contribution is -0.00636. The van der Waals surface area contributed by atoms with Crippen molar-refractivity contribution in [2.45, 2.75) is 13.3 Å². The van der Waals surface area contributed by atoms with Crippen LogP contribution in [0, 0.1) is 6.92 Å². The van der Waals surface area contributed by atoms with Gasteiger partial charge < -0.3 is 9.64 Å². The number of nitrogens with one attached hydrogen (secondary N) is 1. The first-order chi connectivity index (χ1) is 6.77. The number of hydrogen-bond donors (Lipinski definition) is 1. The van der Waals surface area contributed by atoms with Crippen LogP contribution in [-0.2, 0) is 4.74 Å². The number of carbonyl (C=O) groups is 1. The fourth-order valence-corrected chi connectivity index (χ4v) is 1.34. The Bertz CT molecular complexity index is 330. The van der Waals surface area contributed by atoms with Crippen LogP contribution in [0.25, 0.3) is 0 Å². The molecule has 2 rings (SSSR count). The SMILES string of the molecule is Cc1nc(C(=O)N2CCCOC2)n[nH]1. The number of H-pyrrole nitrogens is 1. The summed E-state index contributed by atoms with van der Waals surface area (Å²) in [6.07, 6.45) is 0.870. The number of ether oxygens (including phenoxy) is 1. The molecule has 0 aliphatic carbocycles. The van der Waals surface area contributed by atoms with Gasteiger partial charge >= 0.3 is 0 Å².